The molecule has 1 aliphatic heterocycles. The van der Waals surface area contributed by atoms with Gasteiger partial charge in [-0.1, -0.05) is 18.5 Å². The van der Waals surface area contributed by atoms with Crippen LogP contribution >= 0.6 is 22.9 Å². The van der Waals surface area contributed by atoms with Crippen molar-refractivity contribution in [2.45, 2.75) is 32.4 Å². The lowest BCUT2D eigenvalue weighted by Crippen LogP contribution is -2.49. The molecule has 0 bridgehead atoms. The molecular weight excluding hydrogens is 499 g/mol. The third-order valence-electron chi connectivity index (χ3n) is 6.67. The van der Waals surface area contributed by atoms with Crippen molar-refractivity contribution in [3.8, 4) is 0 Å². The zero-order chi connectivity index (χ0) is 24.7. The minimum Gasteiger partial charge on any atom is -0.353 e. The number of benzene rings is 1. The number of carbonyl (C=O) groups is 1. The van der Waals surface area contributed by atoms with Crippen molar-refractivity contribution in [3.05, 3.63) is 45.6 Å². The molecule has 0 saturated carbocycles. The van der Waals surface area contributed by atoms with Crippen LogP contribution in [-0.4, -0.2) is 53.5 Å². The number of halogens is 4. The summed E-state index contributed by atoms with van der Waals surface area (Å²) in [6, 6.07) is 3.38. The number of rotatable bonds is 4. The molecule has 1 atom stereocenters. The molecule has 1 aromatic carbocycles. The molecule has 6 nitrogen and oxygen atoms in total. The van der Waals surface area contributed by atoms with Crippen molar-refractivity contribution in [2.75, 3.05) is 42.9 Å². The fourth-order valence-electron chi connectivity index (χ4n) is 4.84. The van der Waals surface area contributed by atoms with Crippen LogP contribution in [0.25, 0.3) is 10.2 Å². The molecule has 2 aromatic heterocycles. The first-order valence-corrected chi connectivity index (χ1v) is 12.8. The second-order valence-electron chi connectivity index (χ2n) is 9.23. The Morgan fingerprint density at radius 3 is 2.74 bits per heavy atom. The van der Waals surface area contributed by atoms with Crippen LogP contribution in [0, 0.1) is 5.92 Å². The number of carbonyl (C=O) groups excluding carboxylic acids is 1. The lowest BCUT2D eigenvalue weighted by Gasteiger charge is -2.35. The maximum absolute atomic E-state index is 13.1. The largest absolute Gasteiger partial charge is 0.417 e. The minimum absolute atomic E-state index is 0.0743. The van der Waals surface area contributed by atoms with Gasteiger partial charge in [0.1, 0.15) is 17.0 Å². The number of fused-ring (bicyclic) bond motifs is 3. The number of hydrogen-bond donors (Lipinski definition) is 1. The molecule has 1 unspecified atom stereocenters. The van der Waals surface area contributed by atoms with Crippen LogP contribution in [0.4, 0.5) is 24.7 Å². The van der Waals surface area contributed by atoms with E-state index in [9.17, 15) is 18.0 Å². The first-order valence-electron chi connectivity index (χ1n) is 11.6. The van der Waals surface area contributed by atoms with Crippen LogP contribution in [0.5, 0.6) is 0 Å². The molecule has 1 aliphatic carbocycles. The number of nitrogens with one attached hydrogen (secondary N) is 1. The number of alkyl halides is 3. The normalized spacial score (nSPS) is 19.1. The Bertz CT molecular complexity index is 1260. The molecule has 3 aromatic rings. The number of hydrogen-bond acceptors (Lipinski definition) is 6. The molecule has 1 saturated heterocycles. The molecule has 35 heavy (non-hydrogen) atoms. The highest BCUT2D eigenvalue weighted by atomic mass is 35.5. The Labute approximate surface area is 210 Å². The number of aryl methyl sites for hydroxylation is 1. The van der Waals surface area contributed by atoms with Gasteiger partial charge in [0.15, 0.2) is 0 Å². The van der Waals surface area contributed by atoms with Crippen LogP contribution in [0.2, 0.25) is 5.02 Å². The number of amides is 1. The molecule has 1 amide bonds. The predicted molar refractivity (Wildman–Crippen MR) is 132 cm³/mol. The molecule has 0 radical (unpaired) electrons. The summed E-state index contributed by atoms with van der Waals surface area (Å²) < 4.78 is 39.3. The van der Waals surface area contributed by atoms with Gasteiger partial charge in [0, 0.05) is 36.7 Å². The van der Waals surface area contributed by atoms with Crippen molar-refractivity contribution in [1.29, 1.82) is 0 Å². The number of aromatic nitrogens is 2. The van der Waals surface area contributed by atoms with Crippen LogP contribution in [0.1, 0.15) is 29.3 Å². The second kappa shape index (κ2) is 9.55. The Kier molecular flexibility index (Phi) is 6.63. The third kappa shape index (κ3) is 5.10. The summed E-state index contributed by atoms with van der Waals surface area (Å²) in [7, 11) is 0. The van der Waals surface area contributed by atoms with Gasteiger partial charge in [0.2, 0.25) is 5.91 Å². The molecule has 3 heterocycles. The van der Waals surface area contributed by atoms with E-state index >= 15 is 0 Å². The Hall–Kier alpha value is -2.43. The van der Waals surface area contributed by atoms with E-state index in [0.29, 0.717) is 32.1 Å². The van der Waals surface area contributed by atoms with Gasteiger partial charge in [-0.25, -0.2) is 9.97 Å². The Morgan fingerprint density at radius 1 is 1.23 bits per heavy atom. The van der Waals surface area contributed by atoms with Gasteiger partial charge >= 0.3 is 6.18 Å². The molecular formula is C24H25ClF3N5OS. The van der Waals surface area contributed by atoms with E-state index in [1.807, 2.05) is 4.90 Å². The van der Waals surface area contributed by atoms with Crippen molar-refractivity contribution >= 4 is 50.6 Å². The second-order valence-corrected chi connectivity index (χ2v) is 10.7. The zero-order valence-electron chi connectivity index (χ0n) is 19.2. The van der Waals surface area contributed by atoms with Gasteiger partial charge in [-0.05, 0) is 48.9 Å². The van der Waals surface area contributed by atoms with E-state index in [1.165, 1.54) is 28.3 Å². The van der Waals surface area contributed by atoms with Crippen molar-refractivity contribution in [3.63, 3.8) is 0 Å². The van der Waals surface area contributed by atoms with E-state index in [-0.39, 0.29) is 18.1 Å². The van der Waals surface area contributed by atoms with Gasteiger partial charge in [0.25, 0.3) is 0 Å². The molecule has 186 valence electrons. The predicted octanol–water partition coefficient (Wildman–Crippen LogP) is 5.25. The summed E-state index contributed by atoms with van der Waals surface area (Å²) in [5.41, 5.74) is 0.499. The third-order valence-corrected chi connectivity index (χ3v) is 8.16. The number of piperazine rings is 1. The Morgan fingerprint density at radius 2 is 2.00 bits per heavy atom. The number of nitrogens with zero attached hydrogens (tertiary/aromatic N) is 4. The summed E-state index contributed by atoms with van der Waals surface area (Å²) in [4.78, 5) is 28.4. The average molecular weight is 524 g/mol. The van der Waals surface area contributed by atoms with Crippen LogP contribution in [0.3, 0.4) is 0 Å². The van der Waals surface area contributed by atoms with Crippen molar-refractivity contribution in [2.24, 2.45) is 5.92 Å². The minimum atomic E-state index is -4.58. The highest BCUT2D eigenvalue weighted by Crippen LogP contribution is 2.41. The van der Waals surface area contributed by atoms with Crippen LogP contribution in [-0.2, 0) is 23.8 Å². The number of anilines is 2. The number of thiophene rings is 1. The molecule has 11 heteroatoms. The van der Waals surface area contributed by atoms with E-state index in [1.54, 1.807) is 17.7 Å². The highest BCUT2D eigenvalue weighted by molar-refractivity contribution is 7.19. The van der Waals surface area contributed by atoms with Gasteiger partial charge in [-0.2, -0.15) is 13.2 Å². The summed E-state index contributed by atoms with van der Waals surface area (Å²) in [5, 5.41) is 3.34. The van der Waals surface area contributed by atoms with Crippen LogP contribution < -0.4 is 10.2 Å². The molecule has 5 rings (SSSR count). The van der Waals surface area contributed by atoms with Crippen LogP contribution in [0.15, 0.2) is 24.5 Å². The highest BCUT2D eigenvalue weighted by Gasteiger charge is 2.33. The SMILES string of the molecule is CC1CCc2c(sc3ncnc(N4CCN(CC(=O)Nc5ccc(Cl)c(C(F)(F)F)c5)CC4)c23)C1. The first kappa shape index (κ1) is 24.3. The quantitative estimate of drug-likeness (QED) is 0.506. The summed E-state index contributed by atoms with van der Waals surface area (Å²) in [5.74, 6) is 1.29. The van der Waals surface area contributed by atoms with Gasteiger partial charge in [-0.15, -0.1) is 11.3 Å². The smallest absolute Gasteiger partial charge is 0.353 e. The van der Waals surface area contributed by atoms with E-state index in [2.05, 4.69) is 27.1 Å². The van der Waals surface area contributed by atoms with Crippen molar-refractivity contribution < 1.29 is 18.0 Å². The lowest BCUT2D eigenvalue weighted by molar-refractivity contribution is -0.137. The topological polar surface area (TPSA) is 61.4 Å². The molecule has 1 N–H and O–H groups in total. The molecule has 2 aliphatic rings. The van der Waals surface area contributed by atoms with Crippen molar-refractivity contribution in [1.82, 2.24) is 14.9 Å². The fraction of sp³-hybridized carbons (Fsp3) is 0.458. The van der Waals surface area contributed by atoms with Gasteiger partial charge in [0.05, 0.1) is 22.5 Å². The molecule has 0 spiro atoms. The lowest BCUT2D eigenvalue weighted by atomic mass is 9.89. The van der Waals surface area contributed by atoms with E-state index in [4.69, 9.17) is 11.6 Å². The maximum Gasteiger partial charge on any atom is 0.417 e. The van der Waals surface area contributed by atoms with Gasteiger partial charge < -0.3 is 10.2 Å². The van der Waals surface area contributed by atoms with E-state index in [0.717, 1.165) is 35.6 Å². The first-order chi connectivity index (χ1) is 16.7. The summed E-state index contributed by atoms with van der Waals surface area (Å²) >= 11 is 7.43. The zero-order valence-corrected chi connectivity index (χ0v) is 20.7. The van der Waals surface area contributed by atoms with E-state index < -0.39 is 16.8 Å². The maximum atomic E-state index is 13.1. The summed E-state index contributed by atoms with van der Waals surface area (Å²) in [6.07, 6.45) is 0.368. The fourth-order valence-corrected chi connectivity index (χ4v) is 6.41. The standard InChI is InChI=1S/C24H25ClF3N5OS/c1-14-2-4-16-19(10-14)35-23-21(16)22(29-13-30-23)33-8-6-32(7-9-33)12-20(34)31-15-3-5-18(25)17(11-15)24(26,27)28/h3,5,11,13-14H,2,4,6-10,12H2,1H3,(H,31,34). The summed E-state index contributed by atoms with van der Waals surface area (Å²) in [6.45, 7) is 5.10. The average Bonchev–Trinajstić information content (AvgIpc) is 3.17. The Balaban J connectivity index is 1.22. The molecule has 1 fully saturated rings. The monoisotopic (exact) mass is 523 g/mol. The van der Waals surface area contributed by atoms with Gasteiger partial charge in [-0.3, -0.25) is 9.69 Å².